The van der Waals surface area contributed by atoms with Gasteiger partial charge in [0.2, 0.25) is 0 Å². The van der Waals surface area contributed by atoms with Crippen molar-refractivity contribution in [3.63, 3.8) is 0 Å². The Bertz CT molecular complexity index is 1610. The van der Waals surface area contributed by atoms with Gasteiger partial charge in [0.25, 0.3) is 0 Å². The van der Waals surface area contributed by atoms with Crippen LogP contribution in [-0.2, 0) is 0 Å². The van der Waals surface area contributed by atoms with Gasteiger partial charge in [-0.2, -0.15) is 0 Å². The number of rotatable bonds is 18. The fraction of sp³-hybridized carbons (Fsp3) is 0.562. The first-order valence-corrected chi connectivity index (χ1v) is 29.3. The van der Waals surface area contributed by atoms with Gasteiger partial charge in [0, 0.05) is 0 Å². The van der Waals surface area contributed by atoms with E-state index in [9.17, 15) is 0 Å². The Morgan fingerprint density at radius 2 is 0.754 bits per heavy atom. The van der Waals surface area contributed by atoms with Crippen LogP contribution >= 0.6 is 36.7 Å². The standard InChI is InChI=1S/C48H69N7S3Se3/c1-46(28-16-13-25-40(46)59-37-19-7-4-8-20-37)52-43(56)49-31-34-55(35-32-50-44(57)53-47(2)29-17-14-26-41(47)60-38-21-9-5-10-22-38)36-33-51-45(58)54-48(3)30-18-15-27-42(48)61-39-23-11-6-12-24-39/h4-12,19-24,40-42H,13-18,25-36H2,1-3H3,(H2,49,52,56)(H2,50,53,57)(H2,51,54,58)/t40-,41-,42-,46-,47-,48-/m1/s1. The molecule has 61 heavy (non-hydrogen) atoms. The second kappa shape index (κ2) is 24.5. The zero-order valence-electron chi connectivity index (χ0n) is 36.5. The van der Waals surface area contributed by atoms with Crippen LogP contribution in [0.5, 0.6) is 0 Å². The van der Waals surface area contributed by atoms with Crippen molar-refractivity contribution in [3.05, 3.63) is 91.0 Å². The van der Waals surface area contributed by atoms with Crippen molar-refractivity contribution in [2.75, 3.05) is 39.3 Å². The average molecular weight is 1080 g/mol. The third-order valence-corrected chi connectivity index (χ3v) is 23.5. The zero-order valence-corrected chi connectivity index (χ0v) is 44.1. The maximum atomic E-state index is 5.99. The molecular formula is C48H69N7S3Se3. The molecule has 332 valence electrons. The van der Waals surface area contributed by atoms with Gasteiger partial charge in [-0.25, -0.2) is 0 Å². The van der Waals surface area contributed by atoms with Gasteiger partial charge < -0.3 is 0 Å². The molecule has 0 radical (unpaired) electrons. The van der Waals surface area contributed by atoms with Gasteiger partial charge in [0.1, 0.15) is 0 Å². The van der Waals surface area contributed by atoms with Crippen LogP contribution < -0.4 is 45.3 Å². The molecule has 3 saturated carbocycles. The molecular weight excluding hydrogens is 1010 g/mol. The van der Waals surface area contributed by atoms with Crippen molar-refractivity contribution < 1.29 is 0 Å². The predicted molar refractivity (Wildman–Crippen MR) is 275 cm³/mol. The van der Waals surface area contributed by atoms with Crippen LogP contribution in [0.3, 0.4) is 0 Å². The first-order chi connectivity index (χ1) is 29.5. The molecule has 7 nitrogen and oxygen atoms in total. The van der Waals surface area contributed by atoms with Crippen LogP contribution in [0.1, 0.15) is 97.8 Å². The van der Waals surface area contributed by atoms with Gasteiger partial charge in [-0.3, -0.25) is 0 Å². The minimum atomic E-state index is 0.00346. The molecule has 0 aliphatic heterocycles. The van der Waals surface area contributed by atoms with Crippen molar-refractivity contribution in [2.45, 2.75) is 129 Å². The summed E-state index contributed by atoms with van der Waals surface area (Å²) in [6.07, 6.45) is 14.9. The van der Waals surface area contributed by atoms with Crippen molar-refractivity contribution in [1.29, 1.82) is 0 Å². The molecule has 0 bridgehead atoms. The van der Waals surface area contributed by atoms with Crippen molar-refractivity contribution in [2.24, 2.45) is 0 Å². The number of hydrogen-bond acceptors (Lipinski definition) is 4. The Hall–Kier alpha value is -1.75. The number of thiocarbonyl (C=S) groups is 3. The summed E-state index contributed by atoms with van der Waals surface area (Å²) < 4.78 is 4.41. The van der Waals surface area contributed by atoms with Crippen LogP contribution in [0.25, 0.3) is 0 Å². The first kappa shape index (κ1) is 48.7. The second-order valence-electron chi connectivity index (χ2n) is 17.7. The van der Waals surface area contributed by atoms with Gasteiger partial charge in [0.15, 0.2) is 0 Å². The van der Waals surface area contributed by atoms with Crippen LogP contribution in [0.2, 0.25) is 14.4 Å². The van der Waals surface area contributed by atoms with Crippen molar-refractivity contribution >= 4 is 110 Å². The minimum absolute atomic E-state index is 0.00346. The van der Waals surface area contributed by atoms with E-state index >= 15 is 0 Å². The summed E-state index contributed by atoms with van der Waals surface area (Å²) in [5, 5.41) is 24.6. The molecule has 0 unspecified atom stereocenters. The molecule has 0 spiro atoms. The van der Waals surface area contributed by atoms with E-state index in [1.807, 2.05) is 0 Å². The Morgan fingerprint density at radius 1 is 0.475 bits per heavy atom. The van der Waals surface area contributed by atoms with Crippen LogP contribution in [0.15, 0.2) is 91.0 Å². The van der Waals surface area contributed by atoms with E-state index in [1.165, 1.54) is 71.2 Å². The molecule has 3 aromatic carbocycles. The normalized spacial score (nSPS) is 26.5. The molecule has 6 atom stereocenters. The van der Waals surface area contributed by atoms with Gasteiger partial charge in [-0.15, -0.1) is 0 Å². The summed E-state index contributed by atoms with van der Waals surface area (Å²) >= 11 is 19.2. The molecule has 3 fully saturated rings. The number of nitrogens with zero attached hydrogens (tertiary/aromatic N) is 1. The summed E-state index contributed by atoms with van der Waals surface area (Å²) in [6.45, 7) is 12.1. The topological polar surface area (TPSA) is 75.4 Å². The molecule has 0 saturated heterocycles. The molecule has 13 heteroatoms. The Balaban J connectivity index is 1.01. The van der Waals surface area contributed by atoms with Crippen LogP contribution in [0.4, 0.5) is 0 Å². The molecule has 6 N–H and O–H groups in total. The van der Waals surface area contributed by atoms with E-state index in [4.69, 9.17) is 36.7 Å². The van der Waals surface area contributed by atoms with E-state index in [1.54, 1.807) is 0 Å². The number of nitrogens with one attached hydrogen (secondary N) is 6. The third kappa shape index (κ3) is 15.4. The molecule has 3 aliphatic rings. The van der Waals surface area contributed by atoms with Gasteiger partial charge in [-0.1, -0.05) is 0 Å². The summed E-state index contributed by atoms with van der Waals surface area (Å²) in [5.74, 6) is 0. The maximum absolute atomic E-state index is 5.99. The fourth-order valence-corrected chi connectivity index (χ4v) is 18.7. The first-order valence-electron chi connectivity index (χ1n) is 22.6. The molecule has 0 amide bonds. The summed E-state index contributed by atoms with van der Waals surface area (Å²) in [4.78, 5) is 4.32. The zero-order chi connectivity index (χ0) is 43.0. The monoisotopic (exact) mass is 1080 g/mol. The molecule has 6 rings (SSSR count). The number of hydrogen-bond donors (Lipinski definition) is 6. The fourth-order valence-electron chi connectivity index (χ4n) is 9.12. The summed E-state index contributed by atoms with van der Waals surface area (Å²) in [6, 6.07) is 33.1. The van der Waals surface area contributed by atoms with Crippen molar-refractivity contribution in [3.8, 4) is 0 Å². The SMILES string of the molecule is C[C@@]1(NC(=S)NCCN(CCNC(=S)N[C@]2(C)CCCC[C@H]2[Se]c2ccccc2)CCNC(=S)N[C@]2(C)CCCC[C@H]2[Se]c2ccccc2)CCCC[C@H]1[Se]c1ccccc1. The molecule has 0 aromatic heterocycles. The number of benzene rings is 3. The predicted octanol–water partition coefficient (Wildman–Crippen LogP) is 6.13. The van der Waals surface area contributed by atoms with Crippen LogP contribution in [0, 0.1) is 0 Å². The van der Waals surface area contributed by atoms with E-state index in [0.29, 0.717) is 59.3 Å². The van der Waals surface area contributed by atoms with E-state index in [0.717, 1.165) is 73.9 Å². The van der Waals surface area contributed by atoms with Gasteiger partial charge in [0.05, 0.1) is 0 Å². The van der Waals surface area contributed by atoms with E-state index in [-0.39, 0.29) is 16.6 Å². The Kier molecular flexibility index (Phi) is 19.6. The Labute approximate surface area is 402 Å². The third-order valence-electron chi connectivity index (χ3n) is 12.8. The van der Waals surface area contributed by atoms with Gasteiger partial charge >= 0.3 is 406 Å². The molecule has 3 aliphatic carbocycles. The summed E-state index contributed by atoms with van der Waals surface area (Å²) in [5.41, 5.74) is 0.0104. The van der Waals surface area contributed by atoms with Gasteiger partial charge in [-0.05, 0) is 0 Å². The average Bonchev–Trinajstić information content (AvgIpc) is 3.24. The second-order valence-corrected chi connectivity index (χ2v) is 27.0. The van der Waals surface area contributed by atoms with E-state index in [2.05, 4.69) is 149 Å². The van der Waals surface area contributed by atoms with Crippen molar-refractivity contribution in [1.82, 2.24) is 36.8 Å². The quantitative estimate of drug-likeness (QED) is 0.0663. The molecule has 0 heterocycles. The molecule has 3 aromatic rings. The van der Waals surface area contributed by atoms with E-state index < -0.39 is 0 Å². The summed E-state index contributed by atoms with van der Waals surface area (Å²) in [7, 11) is 0. The Morgan fingerprint density at radius 3 is 1.03 bits per heavy atom. The van der Waals surface area contributed by atoms with Crippen LogP contribution in [-0.4, -0.2) is 121 Å².